The number of amides is 2. The standard InChI is InChI=1S/C24H29BN6O6S/c1-26-18(32)7-9-20(33)35-10-15-2-4-16(5-3-15)24(34)30-22-21-23(28-13-27-22)31(14-29-21)19-8-6-17(37-19)11-36-38-12-25/h2-5,13-14,17,19H,6-12,25H2,1H3,(H,26,32)(H,27,28,30,34)/t17-,19+/m0/s1/i25TD. The zero-order valence-corrected chi connectivity index (χ0v) is 21.6. The molecule has 2 N–H and O–H groups in total. The predicted octanol–water partition coefficient (Wildman–Crippen LogP) is 1.58. The Morgan fingerprint density at radius 3 is 2.89 bits per heavy atom. The lowest BCUT2D eigenvalue weighted by molar-refractivity contribution is -0.146. The van der Waals surface area contributed by atoms with Gasteiger partial charge in [-0.3, -0.25) is 19.0 Å². The number of rotatable bonds is 13. The Bertz CT molecular complexity index is 1330. The van der Waals surface area contributed by atoms with Crippen LogP contribution in [0.15, 0.2) is 36.9 Å². The third kappa shape index (κ3) is 7.08. The topological polar surface area (TPSA) is 147 Å². The minimum absolute atomic E-state index is 0.00857. The van der Waals surface area contributed by atoms with Crippen LogP contribution in [0.1, 0.15) is 47.8 Å². The maximum Gasteiger partial charge on any atom is 0.306 e. The lowest BCUT2D eigenvalue weighted by atomic mass is 10.1. The molecule has 2 amide bonds. The van der Waals surface area contributed by atoms with Gasteiger partial charge in [0.25, 0.3) is 5.91 Å². The molecule has 200 valence electrons. The Balaban J connectivity index is 1.32. The summed E-state index contributed by atoms with van der Waals surface area (Å²) in [4.78, 5) is 48.9. The first kappa shape index (κ1) is 24.8. The first-order valence-corrected chi connectivity index (χ1v) is 12.9. The molecule has 0 bridgehead atoms. The van der Waals surface area contributed by atoms with Crippen LogP contribution < -0.4 is 10.6 Å². The van der Waals surface area contributed by atoms with Gasteiger partial charge in [0.05, 0.1) is 25.5 Å². The molecular weight excluding hydrogens is 511 g/mol. The van der Waals surface area contributed by atoms with Gasteiger partial charge in [0.1, 0.15) is 26.9 Å². The van der Waals surface area contributed by atoms with Crippen molar-refractivity contribution in [2.24, 2.45) is 0 Å². The fourth-order valence-corrected chi connectivity index (χ4v) is 4.19. The van der Waals surface area contributed by atoms with Gasteiger partial charge in [-0.25, -0.2) is 15.0 Å². The van der Waals surface area contributed by atoms with E-state index in [1.807, 2.05) is 0 Å². The second-order valence-electron chi connectivity index (χ2n) is 8.39. The van der Waals surface area contributed by atoms with Gasteiger partial charge < -0.3 is 24.3 Å². The van der Waals surface area contributed by atoms with Crippen LogP contribution in [0.4, 0.5) is 5.82 Å². The minimum atomic E-state index is -0.932. The first-order valence-electron chi connectivity index (χ1n) is 13.2. The molecule has 1 aliphatic heterocycles. The Labute approximate surface area is 227 Å². The molecule has 0 aliphatic carbocycles. The summed E-state index contributed by atoms with van der Waals surface area (Å²) < 4.78 is 32.9. The van der Waals surface area contributed by atoms with Crippen molar-refractivity contribution in [3.63, 3.8) is 0 Å². The molecular formula is C24H29BN6O6S. The van der Waals surface area contributed by atoms with E-state index >= 15 is 0 Å². The maximum atomic E-state index is 12.9. The summed E-state index contributed by atoms with van der Waals surface area (Å²) in [6.07, 6.45) is 4.09. The average molecular weight is 543 g/mol. The molecule has 0 spiro atoms. The summed E-state index contributed by atoms with van der Waals surface area (Å²) >= 11 is 1.10. The number of hydrogen-bond donors (Lipinski definition) is 2. The molecule has 3 aromatic rings. The fourth-order valence-electron chi connectivity index (χ4n) is 3.85. The normalized spacial score (nSPS) is 17.5. The van der Waals surface area contributed by atoms with Gasteiger partial charge in [0, 0.05) is 19.0 Å². The van der Waals surface area contributed by atoms with Crippen LogP contribution in [0.5, 0.6) is 0 Å². The highest BCUT2D eigenvalue weighted by atomic mass is 32.2. The van der Waals surface area contributed by atoms with Gasteiger partial charge >= 0.3 is 5.97 Å². The molecule has 1 aliphatic rings. The summed E-state index contributed by atoms with van der Waals surface area (Å²) in [5.74, 6) is -0.843. The van der Waals surface area contributed by atoms with Crippen molar-refractivity contribution in [3.05, 3.63) is 48.0 Å². The lowest BCUT2D eigenvalue weighted by Crippen LogP contribution is -2.19. The highest BCUT2D eigenvalue weighted by molar-refractivity contribution is 7.95. The van der Waals surface area contributed by atoms with Gasteiger partial charge in [-0.15, -0.1) is 0 Å². The molecule has 0 radical (unpaired) electrons. The number of esters is 1. The van der Waals surface area contributed by atoms with E-state index in [9.17, 15) is 14.4 Å². The first-order chi connectivity index (χ1) is 19.3. The minimum Gasteiger partial charge on any atom is -0.461 e. The van der Waals surface area contributed by atoms with Crippen molar-refractivity contribution in [1.82, 2.24) is 24.8 Å². The van der Waals surface area contributed by atoms with Crippen molar-refractivity contribution < 1.29 is 28.0 Å². The number of aromatic nitrogens is 4. The Morgan fingerprint density at radius 2 is 2.11 bits per heavy atom. The summed E-state index contributed by atoms with van der Waals surface area (Å²) in [6.45, 7) is 0.389. The molecule has 0 unspecified atom stereocenters. The summed E-state index contributed by atoms with van der Waals surface area (Å²) in [5, 5.41) is 5.22. The molecule has 1 aromatic carbocycles. The van der Waals surface area contributed by atoms with E-state index in [0.717, 1.165) is 24.9 Å². The largest absolute Gasteiger partial charge is 0.461 e. The van der Waals surface area contributed by atoms with Gasteiger partial charge in [0.2, 0.25) is 5.91 Å². The second-order valence-corrected chi connectivity index (χ2v) is 9.20. The Kier molecular flexibility index (Phi) is 8.72. The SMILES string of the molecule is [2H]B([3H])CSOC[C@@H]1CC[C@H](n2cnc3c(NC(=O)c4ccc(COC(=O)CCC(=O)NC)cc4)ncnc32)O1. The summed E-state index contributed by atoms with van der Waals surface area (Å²) in [5.41, 5.74) is 2.29. The zero-order chi connectivity index (χ0) is 28.5. The number of carbonyl (C=O) groups is 3. The van der Waals surface area contributed by atoms with Crippen LogP contribution in [-0.2, 0) is 29.9 Å². The molecule has 0 saturated carbocycles. The smallest absolute Gasteiger partial charge is 0.306 e. The van der Waals surface area contributed by atoms with Crippen LogP contribution in [0.3, 0.4) is 0 Å². The lowest BCUT2D eigenvalue weighted by Gasteiger charge is -2.15. The molecule has 2 aromatic heterocycles. The number of fused-ring (bicyclic) bond motifs is 1. The monoisotopic (exact) mass is 543 g/mol. The van der Waals surface area contributed by atoms with Crippen molar-refractivity contribution >= 4 is 54.6 Å². The number of imidazole rings is 1. The number of nitrogens with zero attached hydrogens (tertiary/aromatic N) is 4. The fraction of sp³-hybridized carbons (Fsp3) is 0.417. The third-order valence-electron chi connectivity index (χ3n) is 5.84. The van der Waals surface area contributed by atoms with Gasteiger partial charge in [-0.1, -0.05) is 12.1 Å². The maximum absolute atomic E-state index is 12.9. The number of anilines is 1. The molecule has 12 nitrogen and oxygen atoms in total. The number of benzene rings is 1. The van der Waals surface area contributed by atoms with Crippen LogP contribution in [0, 0.1) is 0 Å². The van der Waals surface area contributed by atoms with Crippen LogP contribution in [-0.4, -0.2) is 73.2 Å². The molecule has 1 fully saturated rings. The third-order valence-corrected chi connectivity index (χ3v) is 6.28. The summed E-state index contributed by atoms with van der Waals surface area (Å²) in [7, 11) is 0.571. The average Bonchev–Trinajstić information content (AvgIpc) is 3.60. The van der Waals surface area contributed by atoms with E-state index in [1.54, 1.807) is 35.2 Å². The highest BCUT2D eigenvalue weighted by Gasteiger charge is 2.28. The molecule has 3 heterocycles. The van der Waals surface area contributed by atoms with E-state index in [-0.39, 0.29) is 49.2 Å². The molecule has 38 heavy (non-hydrogen) atoms. The predicted molar refractivity (Wildman–Crippen MR) is 143 cm³/mol. The van der Waals surface area contributed by atoms with Crippen molar-refractivity contribution in [3.8, 4) is 0 Å². The Hall–Kier alpha value is -3.49. The molecule has 4 rings (SSSR count). The van der Waals surface area contributed by atoms with Crippen molar-refractivity contribution in [1.29, 1.82) is 2.67 Å². The van der Waals surface area contributed by atoms with E-state index in [0.29, 0.717) is 28.9 Å². The van der Waals surface area contributed by atoms with Crippen LogP contribution in [0.25, 0.3) is 11.2 Å². The molecule has 14 heteroatoms. The summed E-state index contributed by atoms with van der Waals surface area (Å²) in [6, 6.07) is 6.58. The quantitative estimate of drug-likeness (QED) is 0.141. The van der Waals surface area contributed by atoms with Crippen LogP contribution >= 0.6 is 12.0 Å². The van der Waals surface area contributed by atoms with Gasteiger partial charge in [-0.2, -0.15) is 0 Å². The highest BCUT2D eigenvalue weighted by Crippen LogP contribution is 2.32. The number of carbonyl (C=O) groups excluding carboxylic acids is 3. The van der Waals surface area contributed by atoms with Crippen molar-refractivity contribution in [2.75, 3.05) is 24.6 Å². The van der Waals surface area contributed by atoms with E-state index in [4.69, 9.17) is 16.3 Å². The van der Waals surface area contributed by atoms with Crippen LogP contribution in [0.2, 0.25) is 0 Å². The van der Waals surface area contributed by atoms with E-state index in [2.05, 4.69) is 25.6 Å². The number of nitrogens with one attached hydrogen (secondary N) is 2. The molecule has 1 saturated heterocycles. The van der Waals surface area contributed by atoms with E-state index in [1.165, 1.54) is 13.4 Å². The molecule has 2 atom stereocenters. The second kappa shape index (κ2) is 13.4. The van der Waals surface area contributed by atoms with Crippen molar-refractivity contribution in [2.45, 2.75) is 44.6 Å². The van der Waals surface area contributed by atoms with Gasteiger partial charge in [-0.05, 0) is 50.9 Å². The van der Waals surface area contributed by atoms with Gasteiger partial charge in [0.15, 0.2) is 17.0 Å². The van der Waals surface area contributed by atoms with E-state index < -0.39 is 19.6 Å². The number of hydrogen-bond acceptors (Lipinski definition) is 10. The number of ether oxygens (including phenoxy) is 2. The zero-order valence-electron chi connectivity index (χ0n) is 22.8. The Morgan fingerprint density at radius 1 is 1.26 bits per heavy atom.